The average molecular weight is 260 g/mol. The normalized spacial score (nSPS) is 18.1. The van der Waals surface area contributed by atoms with Crippen LogP contribution in [0, 0.1) is 11.8 Å². The van der Waals surface area contributed by atoms with E-state index in [1.165, 1.54) is 43.5 Å². The van der Waals surface area contributed by atoms with Gasteiger partial charge in [0.05, 0.1) is 0 Å². The Bertz CT molecular complexity index is 361. The van der Waals surface area contributed by atoms with Gasteiger partial charge >= 0.3 is 0 Å². The molecule has 0 bridgehead atoms. The van der Waals surface area contributed by atoms with E-state index in [1.807, 2.05) is 0 Å². The van der Waals surface area contributed by atoms with E-state index in [-0.39, 0.29) is 0 Å². The first-order valence-corrected chi connectivity index (χ1v) is 7.67. The van der Waals surface area contributed by atoms with E-state index in [2.05, 4.69) is 43.0 Å². The van der Waals surface area contributed by atoms with Crippen molar-refractivity contribution in [1.82, 2.24) is 4.90 Å². The van der Waals surface area contributed by atoms with Crippen molar-refractivity contribution < 1.29 is 0 Å². The molecule has 0 spiro atoms. The molecule has 0 aromatic heterocycles. The summed E-state index contributed by atoms with van der Waals surface area (Å²) in [5.74, 6) is 1.80. The fourth-order valence-electron chi connectivity index (χ4n) is 3.09. The van der Waals surface area contributed by atoms with E-state index in [1.54, 1.807) is 0 Å². The van der Waals surface area contributed by atoms with E-state index in [4.69, 9.17) is 5.73 Å². The van der Waals surface area contributed by atoms with Gasteiger partial charge in [0.25, 0.3) is 0 Å². The van der Waals surface area contributed by atoms with E-state index in [0.717, 1.165) is 18.4 Å². The zero-order valence-electron chi connectivity index (χ0n) is 12.4. The largest absolute Gasteiger partial charge is 0.326 e. The molecule has 2 nitrogen and oxygen atoms in total. The predicted molar refractivity (Wildman–Crippen MR) is 81.8 cm³/mol. The van der Waals surface area contributed by atoms with Gasteiger partial charge in [0.15, 0.2) is 0 Å². The number of piperidine rings is 1. The number of nitrogens with zero attached hydrogens (tertiary/aromatic N) is 1. The molecule has 1 heterocycles. The quantitative estimate of drug-likeness (QED) is 0.879. The van der Waals surface area contributed by atoms with Crippen LogP contribution in [0.15, 0.2) is 24.3 Å². The highest BCUT2D eigenvalue weighted by Gasteiger charge is 2.19. The number of hydrogen-bond donors (Lipinski definition) is 1. The lowest BCUT2D eigenvalue weighted by atomic mass is 9.88. The van der Waals surface area contributed by atoms with E-state index in [9.17, 15) is 0 Å². The van der Waals surface area contributed by atoms with Gasteiger partial charge in [0.1, 0.15) is 0 Å². The van der Waals surface area contributed by atoms with Crippen molar-refractivity contribution in [2.75, 3.05) is 13.1 Å². The molecule has 1 saturated heterocycles. The molecule has 2 heteroatoms. The molecule has 1 aliphatic rings. The maximum absolute atomic E-state index is 5.63. The highest BCUT2D eigenvalue weighted by Crippen LogP contribution is 2.24. The minimum atomic E-state index is 0.640. The van der Waals surface area contributed by atoms with Crippen molar-refractivity contribution in [2.24, 2.45) is 17.6 Å². The van der Waals surface area contributed by atoms with Crippen molar-refractivity contribution in [3.63, 3.8) is 0 Å². The van der Waals surface area contributed by atoms with E-state index >= 15 is 0 Å². The molecule has 0 unspecified atom stereocenters. The van der Waals surface area contributed by atoms with Crippen LogP contribution < -0.4 is 5.73 Å². The summed E-state index contributed by atoms with van der Waals surface area (Å²) in [6.07, 6.45) is 4.15. The Balaban J connectivity index is 1.78. The van der Waals surface area contributed by atoms with E-state index in [0.29, 0.717) is 6.54 Å². The van der Waals surface area contributed by atoms with Crippen LogP contribution in [0.25, 0.3) is 0 Å². The zero-order chi connectivity index (χ0) is 13.7. The summed E-state index contributed by atoms with van der Waals surface area (Å²) in [4.78, 5) is 2.59. The number of benzene rings is 1. The maximum atomic E-state index is 5.63. The summed E-state index contributed by atoms with van der Waals surface area (Å²) in [5, 5.41) is 0. The standard InChI is InChI=1S/C17H28N2/c1-14(2)11-15-7-9-19(10-8-15)13-17-5-3-16(12-18)4-6-17/h3-6,14-15H,7-13,18H2,1-2H3. The Labute approximate surface area is 118 Å². The van der Waals surface area contributed by atoms with Crippen LogP contribution in [-0.2, 0) is 13.1 Å². The van der Waals surface area contributed by atoms with Gasteiger partial charge in [-0.05, 0) is 55.3 Å². The van der Waals surface area contributed by atoms with Crippen LogP contribution in [0.1, 0.15) is 44.2 Å². The summed E-state index contributed by atoms with van der Waals surface area (Å²) in [5.41, 5.74) is 8.27. The van der Waals surface area contributed by atoms with Crippen LogP contribution in [0.2, 0.25) is 0 Å². The smallest absolute Gasteiger partial charge is 0.0233 e. The van der Waals surface area contributed by atoms with Gasteiger partial charge in [0, 0.05) is 13.1 Å². The molecule has 0 aliphatic carbocycles. The lowest BCUT2D eigenvalue weighted by Crippen LogP contribution is -2.33. The second-order valence-electron chi connectivity index (χ2n) is 6.37. The first kappa shape index (κ1) is 14.5. The van der Waals surface area contributed by atoms with Gasteiger partial charge in [-0.1, -0.05) is 38.1 Å². The fraction of sp³-hybridized carbons (Fsp3) is 0.647. The first-order chi connectivity index (χ1) is 9.17. The van der Waals surface area contributed by atoms with Gasteiger partial charge in [0.2, 0.25) is 0 Å². The number of rotatable bonds is 5. The SMILES string of the molecule is CC(C)CC1CCN(Cc2ccc(CN)cc2)CC1. The lowest BCUT2D eigenvalue weighted by molar-refractivity contribution is 0.164. The third kappa shape index (κ3) is 4.63. The van der Waals surface area contributed by atoms with Crippen molar-refractivity contribution in [3.8, 4) is 0 Å². The zero-order valence-corrected chi connectivity index (χ0v) is 12.4. The fourth-order valence-corrected chi connectivity index (χ4v) is 3.09. The van der Waals surface area contributed by atoms with Crippen LogP contribution in [0.3, 0.4) is 0 Å². The Morgan fingerprint density at radius 3 is 2.21 bits per heavy atom. The Morgan fingerprint density at radius 1 is 1.11 bits per heavy atom. The first-order valence-electron chi connectivity index (χ1n) is 7.67. The maximum Gasteiger partial charge on any atom is 0.0233 e. The summed E-state index contributed by atoms with van der Waals surface area (Å²) >= 11 is 0. The molecule has 1 aliphatic heterocycles. The number of hydrogen-bond acceptors (Lipinski definition) is 2. The molecular weight excluding hydrogens is 232 g/mol. The summed E-state index contributed by atoms with van der Waals surface area (Å²) < 4.78 is 0. The molecule has 1 aromatic rings. The van der Waals surface area contributed by atoms with Crippen molar-refractivity contribution in [2.45, 2.75) is 46.2 Å². The van der Waals surface area contributed by atoms with Gasteiger partial charge < -0.3 is 5.73 Å². The Morgan fingerprint density at radius 2 is 1.68 bits per heavy atom. The molecular formula is C17H28N2. The highest BCUT2D eigenvalue weighted by atomic mass is 15.1. The van der Waals surface area contributed by atoms with Gasteiger partial charge in [-0.2, -0.15) is 0 Å². The van der Waals surface area contributed by atoms with Crippen LogP contribution in [-0.4, -0.2) is 18.0 Å². The molecule has 0 atom stereocenters. The molecule has 106 valence electrons. The Hall–Kier alpha value is -0.860. The lowest BCUT2D eigenvalue weighted by Gasteiger charge is -2.32. The summed E-state index contributed by atoms with van der Waals surface area (Å²) in [6.45, 7) is 8.93. The number of likely N-dealkylation sites (tertiary alicyclic amines) is 1. The molecule has 1 aromatic carbocycles. The minimum Gasteiger partial charge on any atom is -0.326 e. The average Bonchev–Trinajstić information content (AvgIpc) is 2.41. The van der Waals surface area contributed by atoms with Gasteiger partial charge in [-0.15, -0.1) is 0 Å². The molecule has 2 rings (SSSR count). The second kappa shape index (κ2) is 7.06. The topological polar surface area (TPSA) is 29.3 Å². The molecule has 0 radical (unpaired) electrons. The van der Waals surface area contributed by atoms with Crippen LogP contribution in [0.4, 0.5) is 0 Å². The highest BCUT2D eigenvalue weighted by molar-refractivity contribution is 5.22. The monoisotopic (exact) mass is 260 g/mol. The second-order valence-corrected chi connectivity index (χ2v) is 6.37. The summed E-state index contributed by atoms with van der Waals surface area (Å²) in [7, 11) is 0. The van der Waals surface area contributed by atoms with Crippen molar-refractivity contribution in [3.05, 3.63) is 35.4 Å². The third-order valence-corrected chi connectivity index (χ3v) is 4.18. The Kier molecular flexibility index (Phi) is 5.41. The minimum absolute atomic E-state index is 0.640. The summed E-state index contributed by atoms with van der Waals surface area (Å²) in [6, 6.07) is 8.76. The molecule has 1 fully saturated rings. The molecule has 0 saturated carbocycles. The van der Waals surface area contributed by atoms with Crippen molar-refractivity contribution >= 4 is 0 Å². The molecule has 0 amide bonds. The van der Waals surface area contributed by atoms with Crippen LogP contribution >= 0.6 is 0 Å². The molecule has 19 heavy (non-hydrogen) atoms. The van der Waals surface area contributed by atoms with Crippen LogP contribution in [0.5, 0.6) is 0 Å². The number of nitrogens with two attached hydrogens (primary N) is 1. The van der Waals surface area contributed by atoms with Gasteiger partial charge in [-0.3, -0.25) is 4.90 Å². The van der Waals surface area contributed by atoms with Gasteiger partial charge in [-0.25, -0.2) is 0 Å². The van der Waals surface area contributed by atoms with Crippen molar-refractivity contribution in [1.29, 1.82) is 0 Å². The predicted octanol–water partition coefficient (Wildman–Crippen LogP) is 3.40. The van der Waals surface area contributed by atoms with E-state index < -0.39 is 0 Å². The third-order valence-electron chi connectivity index (χ3n) is 4.18. The molecule has 2 N–H and O–H groups in total.